The van der Waals surface area contributed by atoms with E-state index in [2.05, 4.69) is 15.3 Å². The Bertz CT molecular complexity index is 571. The van der Waals surface area contributed by atoms with Crippen LogP contribution in [0.5, 0.6) is 0 Å². The van der Waals surface area contributed by atoms with Crippen molar-refractivity contribution in [3.8, 4) is 0 Å². The Kier molecular flexibility index (Phi) is 4.57. The molecule has 0 aliphatic rings. The molecule has 0 bridgehead atoms. The molecule has 6 heteroatoms. The van der Waals surface area contributed by atoms with Crippen LogP contribution in [0, 0.1) is 12.7 Å². The van der Waals surface area contributed by atoms with Gasteiger partial charge in [0.1, 0.15) is 0 Å². The zero-order chi connectivity index (χ0) is 13.7. The summed E-state index contributed by atoms with van der Waals surface area (Å²) < 4.78 is 13.3. The lowest BCUT2D eigenvalue weighted by atomic mass is 10.3. The summed E-state index contributed by atoms with van der Waals surface area (Å²) in [6.07, 6.45) is 2.98. The van der Waals surface area contributed by atoms with E-state index in [1.54, 1.807) is 11.3 Å². The van der Waals surface area contributed by atoms with Crippen LogP contribution in [-0.2, 0) is 6.42 Å². The quantitative estimate of drug-likeness (QED) is 0.855. The number of thiazole rings is 1. The summed E-state index contributed by atoms with van der Waals surface area (Å²) in [4.78, 5) is 19.7. The molecule has 100 valence electrons. The SMILES string of the molecule is Cc1csc(CCCNC(=O)c2ncccc2F)n1. The predicted octanol–water partition coefficient (Wildman–Crippen LogP) is 2.35. The van der Waals surface area contributed by atoms with Gasteiger partial charge in [-0.2, -0.15) is 0 Å². The summed E-state index contributed by atoms with van der Waals surface area (Å²) in [6, 6.07) is 2.68. The van der Waals surface area contributed by atoms with Gasteiger partial charge >= 0.3 is 0 Å². The molecule has 2 aromatic heterocycles. The van der Waals surface area contributed by atoms with E-state index in [0.29, 0.717) is 6.54 Å². The molecule has 2 heterocycles. The second-order valence-electron chi connectivity index (χ2n) is 4.08. The molecule has 0 aliphatic heterocycles. The number of nitrogens with zero attached hydrogens (tertiary/aromatic N) is 2. The fourth-order valence-corrected chi connectivity index (χ4v) is 2.41. The second-order valence-corrected chi connectivity index (χ2v) is 5.02. The van der Waals surface area contributed by atoms with Crippen LogP contribution in [0.4, 0.5) is 4.39 Å². The average molecular weight is 279 g/mol. The molecule has 0 spiro atoms. The number of halogens is 1. The van der Waals surface area contributed by atoms with Crippen molar-refractivity contribution in [1.82, 2.24) is 15.3 Å². The van der Waals surface area contributed by atoms with Crippen molar-refractivity contribution in [2.24, 2.45) is 0 Å². The summed E-state index contributed by atoms with van der Waals surface area (Å²) in [6.45, 7) is 2.43. The molecule has 0 saturated carbocycles. The minimum absolute atomic E-state index is 0.160. The van der Waals surface area contributed by atoms with Crippen LogP contribution < -0.4 is 5.32 Å². The highest BCUT2D eigenvalue weighted by Crippen LogP contribution is 2.10. The minimum Gasteiger partial charge on any atom is -0.351 e. The number of hydrogen-bond acceptors (Lipinski definition) is 4. The maximum Gasteiger partial charge on any atom is 0.272 e. The van der Waals surface area contributed by atoms with Crippen molar-refractivity contribution in [1.29, 1.82) is 0 Å². The normalized spacial score (nSPS) is 10.4. The number of pyridine rings is 1. The molecule has 0 aliphatic carbocycles. The molecule has 2 rings (SSSR count). The van der Waals surface area contributed by atoms with Crippen LogP contribution in [0.3, 0.4) is 0 Å². The van der Waals surface area contributed by atoms with Crippen LogP contribution in [-0.4, -0.2) is 22.4 Å². The van der Waals surface area contributed by atoms with Gasteiger partial charge < -0.3 is 5.32 Å². The van der Waals surface area contributed by atoms with Gasteiger partial charge in [-0.25, -0.2) is 14.4 Å². The first kappa shape index (κ1) is 13.6. The molecule has 0 atom stereocenters. The number of hydrogen-bond donors (Lipinski definition) is 1. The van der Waals surface area contributed by atoms with E-state index >= 15 is 0 Å². The number of nitrogens with one attached hydrogen (secondary N) is 1. The monoisotopic (exact) mass is 279 g/mol. The molecule has 1 amide bonds. The number of aryl methyl sites for hydroxylation is 2. The first-order valence-electron chi connectivity index (χ1n) is 5.96. The van der Waals surface area contributed by atoms with E-state index < -0.39 is 11.7 Å². The largest absolute Gasteiger partial charge is 0.351 e. The molecular weight excluding hydrogens is 265 g/mol. The maximum atomic E-state index is 13.3. The number of amides is 1. The fourth-order valence-electron chi connectivity index (χ4n) is 1.60. The summed E-state index contributed by atoms with van der Waals surface area (Å²) in [7, 11) is 0. The fraction of sp³-hybridized carbons (Fsp3) is 0.308. The van der Waals surface area contributed by atoms with Gasteiger partial charge in [-0.3, -0.25) is 4.79 Å². The molecule has 19 heavy (non-hydrogen) atoms. The van der Waals surface area contributed by atoms with Crippen molar-refractivity contribution in [3.63, 3.8) is 0 Å². The minimum atomic E-state index is -0.601. The van der Waals surface area contributed by atoms with Gasteiger partial charge in [-0.15, -0.1) is 11.3 Å². The van der Waals surface area contributed by atoms with Crippen molar-refractivity contribution in [2.75, 3.05) is 6.54 Å². The van der Waals surface area contributed by atoms with Gasteiger partial charge in [0.15, 0.2) is 11.5 Å². The van der Waals surface area contributed by atoms with Gasteiger partial charge in [-0.1, -0.05) is 0 Å². The van der Waals surface area contributed by atoms with E-state index in [9.17, 15) is 9.18 Å². The van der Waals surface area contributed by atoms with Crippen molar-refractivity contribution < 1.29 is 9.18 Å². The molecule has 1 N–H and O–H groups in total. The van der Waals surface area contributed by atoms with Crippen LogP contribution in [0.1, 0.15) is 27.6 Å². The lowest BCUT2D eigenvalue weighted by Gasteiger charge is -2.04. The van der Waals surface area contributed by atoms with Crippen molar-refractivity contribution in [2.45, 2.75) is 19.8 Å². The van der Waals surface area contributed by atoms with E-state index in [4.69, 9.17) is 0 Å². The van der Waals surface area contributed by atoms with Crippen LogP contribution in [0.15, 0.2) is 23.7 Å². The van der Waals surface area contributed by atoms with E-state index in [1.807, 2.05) is 12.3 Å². The first-order valence-corrected chi connectivity index (χ1v) is 6.84. The Labute approximate surface area is 114 Å². The molecule has 2 aromatic rings. The summed E-state index contributed by atoms with van der Waals surface area (Å²) in [5.41, 5.74) is 0.854. The maximum absolute atomic E-state index is 13.3. The molecule has 4 nitrogen and oxygen atoms in total. The smallest absolute Gasteiger partial charge is 0.272 e. The molecule has 0 fully saturated rings. The lowest BCUT2D eigenvalue weighted by Crippen LogP contribution is -2.26. The lowest BCUT2D eigenvalue weighted by molar-refractivity contribution is 0.0944. The third-order valence-corrected chi connectivity index (χ3v) is 3.52. The van der Waals surface area contributed by atoms with Crippen molar-refractivity contribution in [3.05, 3.63) is 45.9 Å². The number of carbonyl (C=O) groups is 1. The number of rotatable bonds is 5. The number of aromatic nitrogens is 2. The van der Waals surface area contributed by atoms with Gasteiger partial charge in [0.05, 0.1) is 5.01 Å². The third kappa shape index (κ3) is 3.82. The zero-order valence-electron chi connectivity index (χ0n) is 10.5. The summed E-state index contributed by atoms with van der Waals surface area (Å²) >= 11 is 1.61. The Morgan fingerprint density at radius 3 is 3.05 bits per heavy atom. The van der Waals surface area contributed by atoms with Gasteiger partial charge in [0, 0.05) is 30.2 Å². The van der Waals surface area contributed by atoms with Crippen LogP contribution in [0.2, 0.25) is 0 Å². The average Bonchev–Trinajstić information content (AvgIpc) is 2.81. The van der Waals surface area contributed by atoms with Crippen LogP contribution >= 0.6 is 11.3 Å². The molecule has 0 radical (unpaired) electrons. The third-order valence-electron chi connectivity index (χ3n) is 2.49. The first-order chi connectivity index (χ1) is 9.16. The van der Waals surface area contributed by atoms with E-state index in [-0.39, 0.29) is 5.69 Å². The highest BCUT2D eigenvalue weighted by atomic mass is 32.1. The number of carbonyl (C=O) groups excluding carboxylic acids is 1. The predicted molar refractivity (Wildman–Crippen MR) is 71.7 cm³/mol. The molecule has 0 aromatic carbocycles. The standard InChI is InChI=1S/C13H14FN3OS/c1-9-8-19-11(17-9)5-3-7-16-13(18)12-10(14)4-2-6-15-12/h2,4,6,8H,3,5,7H2,1H3,(H,16,18). The Morgan fingerprint density at radius 1 is 1.53 bits per heavy atom. The molecule has 0 saturated heterocycles. The Balaban J connectivity index is 1.77. The van der Waals surface area contributed by atoms with E-state index in [0.717, 1.165) is 23.5 Å². The summed E-state index contributed by atoms with van der Waals surface area (Å²) in [5.74, 6) is -1.08. The van der Waals surface area contributed by atoms with Gasteiger partial charge in [0.25, 0.3) is 5.91 Å². The Morgan fingerprint density at radius 2 is 2.37 bits per heavy atom. The second kappa shape index (κ2) is 6.38. The topological polar surface area (TPSA) is 54.9 Å². The Hall–Kier alpha value is -1.82. The highest BCUT2D eigenvalue weighted by molar-refractivity contribution is 7.09. The molecule has 0 unspecified atom stereocenters. The summed E-state index contributed by atoms with van der Waals surface area (Å²) in [5, 5.41) is 5.70. The van der Waals surface area contributed by atoms with Crippen molar-refractivity contribution >= 4 is 17.2 Å². The van der Waals surface area contributed by atoms with Gasteiger partial charge in [-0.05, 0) is 25.5 Å². The van der Waals surface area contributed by atoms with Gasteiger partial charge in [0.2, 0.25) is 0 Å². The highest BCUT2D eigenvalue weighted by Gasteiger charge is 2.11. The van der Waals surface area contributed by atoms with Crippen LogP contribution in [0.25, 0.3) is 0 Å². The van der Waals surface area contributed by atoms with E-state index in [1.165, 1.54) is 18.3 Å². The molecular formula is C13H14FN3OS. The zero-order valence-corrected chi connectivity index (χ0v) is 11.3.